The van der Waals surface area contributed by atoms with Gasteiger partial charge in [0.1, 0.15) is 11.5 Å². The minimum Gasteiger partial charge on any atom is -0.493 e. The van der Waals surface area contributed by atoms with Gasteiger partial charge in [-0.05, 0) is 36.2 Å². The van der Waals surface area contributed by atoms with E-state index in [2.05, 4.69) is 19.2 Å². The van der Waals surface area contributed by atoms with Crippen molar-refractivity contribution in [3.63, 3.8) is 0 Å². The highest BCUT2D eigenvalue weighted by Crippen LogP contribution is 2.20. The van der Waals surface area contributed by atoms with E-state index in [1.54, 1.807) is 30.3 Å². The Hall–Kier alpha value is -3.02. The molecule has 2 aromatic rings. The quantitative estimate of drug-likeness (QED) is 0.767. The third kappa shape index (κ3) is 6.18. The number of carboxylic acid groups (broad SMARTS) is 1. The molecule has 2 aromatic carbocycles. The summed E-state index contributed by atoms with van der Waals surface area (Å²) in [5.74, 6) is 0.190. The van der Waals surface area contributed by atoms with E-state index in [4.69, 9.17) is 14.6 Å². The van der Waals surface area contributed by atoms with Crippen molar-refractivity contribution >= 4 is 17.6 Å². The first-order chi connectivity index (χ1) is 11.9. The molecule has 0 spiro atoms. The molecule has 0 bridgehead atoms. The van der Waals surface area contributed by atoms with Crippen LogP contribution in [-0.4, -0.2) is 30.2 Å². The van der Waals surface area contributed by atoms with Crippen LogP contribution in [0.4, 0.5) is 5.69 Å². The van der Waals surface area contributed by atoms with Crippen LogP contribution in [-0.2, 0) is 4.79 Å². The minimum absolute atomic E-state index is 0.105. The fraction of sp³-hybridized carbons (Fsp3) is 0.263. The molecular formula is C19H21NO5. The second-order valence-corrected chi connectivity index (χ2v) is 5.90. The Balaban J connectivity index is 1.88. The van der Waals surface area contributed by atoms with E-state index in [1.165, 1.54) is 12.1 Å². The summed E-state index contributed by atoms with van der Waals surface area (Å²) >= 11 is 0. The Labute approximate surface area is 146 Å². The standard InChI is InChI=1S/C19H21NO5/c1-13(2)11-24-16-7-4-8-17(10-16)25-12-18(21)20-15-6-3-5-14(9-15)19(22)23/h3-10,13H,11-12H2,1-2H3,(H,20,21)(H,22,23). The molecule has 0 aromatic heterocycles. The first-order valence-corrected chi connectivity index (χ1v) is 7.93. The van der Waals surface area contributed by atoms with E-state index in [-0.39, 0.29) is 18.1 Å². The van der Waals surface area contributed by atoms with E-state index in [0.29, 0.717) is 29.7 Å². The number of nitrogens with one attached hydrogen (secondary N) is 1. The summed E-state index contributed by atoms with van der Waals surface area (Å²) in [6.07, 6.45) is 0. The van der Waals surface area contributed by atoms with Crippen LogP contribution in [0.3, 0.4) is 0 Å². The molecule has 0 atom stereocenters. The van der Waals surface area contributed by atoms with E-state index in [0.717, 1.165) is 0 Å². The number of carbonyl (C=O) groups is 2. The van der Waals surface area contributed by atoms with E-state index >= 15 is 0 Å². The molecule has 0 saturated carbocycles. The number of anilines is 1. The first kappa shape index (κ1) is 18.3. The number of hydrogen-bond acceptors (Lipinski definition) is 4. The molecule has 0 unspecified atom stereocenters. The summed E-state index contributed by atoms with van der Waals surface area (Å²) < 4.78 is 11.1. The molecule has 25 heavy (non-hydrogen) atoms. The second-order valence-electron chi connectivity index (χ2n) is 5.90. The van der Waals surface area contributed by atoms with Gasteiger partial charge in [-0.1, -0.05) is 26.0 Å². The van der Waals surface area contributed by atoms with Crippen molar-refractivity contribution in [3.8, 4) is 11.5 Å². The first-order valence-electron chi connectivity index (χ1n) is 7.93. The maximum atomic E-state index is 12.0. The van der Waals surface area contributed by atoms with Crippen molar-refractivity contribution in [2.45, 2.75) is 13.8 Å². The Bertz CT molecular complexity index is 742. The summed E-state index contributed by atoms with van der Waals surface area (Å²) in [5, 5.41) is 11.6. The molecule has 0 saturated heterocycles. The number of amides is 1. The van der Waals surface area contributed by atoms with Crippen LogP contribution < -0.4 is 14.8 Å². The Morgan fingerprint density at radius 1 is 1.04 bits per heavy atom. The van der Waals surface area contributed by atoms with Gasteiger partial charge in [-0.25, -0.2) is 4.79 Å². The second kappa shape index (κ2) is 8.73. The number of aromatic carboxylic acids is 1. The molecular weight excluding hydrogens is 322 g/mol. The highest BCUT2D eigenvalue weighted by molar-refractivity contribution is 5.94. The smallest absolute Gasteiger partial charge is 0.335 e. The SMILES string of the molecule is CC(C)COc1cccc(OCC(=O)Nc2cccc(C(=O)O)c2)c1. The lowest BCUT2D eigenvalue weighted by Crippen LogP contribution is -2.20. The van der Waals surface area contributed by atoms with Crippen LogP contribution in [0, 0.1) is 5.92 Å². The zero-order valence-corrected chi connectivity index (χ0v) is 14.2. The summed E-state index contributed by atoms with van der Waals surface area (Å²) in [6.45, 7) is 4.53. The van der Waals surface area contributed by atoms with Gasteiger partial charge in [0, 0.05) is 11.8 Å². The van der Waals surface area contributed by atoms with Crippen LogP contribution in [0.25, 0.3) is 0 Å². The zero-order valence-electron chi connectivity index (χ0n) is 14.2. The predicted octanol–water partition coefficient (Wildman–Crippen LogP) is 3.44. The van der Waals surface area contributed by atoms with Crippen LogP contribution in [0.15, 0.2) is 48.5 Å². The van der Waals surface area contributed by atoms with Gasteiger partial charge in [-0.2, -0.15) is 0 Å². The van der Waals surface area contributed by atoms with Gasteiger partial charge < -0.3 is 19.9 Å². The highest BCUT2D eigenvalue weighted by Gasteiger charge is 2.07. The number of carboxylic acids is 1. The number of rotatable bonds is 8. The fourth-order valence-electron chi connectivity index (χ4n) is 1.99. The third-order valence-electron chi connectivity index (χ3n) is 3.15. The molecule has 0 aliphatic rings. The monoisotopic (exact) mass is 343 g/mol. The fourth-order valence-corrected chi connectivity index (χ4v) is 1.99. The van der Waals surface area contributed by atoms with Gasteiger partial charge in [0.2, 0.25) is 0 Å². The van der Waals surface area contributed by atoms with Gasteiger partial charge >= 0.3 is 5.97 Å². The summed E-state index contributed by atoms with van der Waals surface area (Å²) in [5.41, 5.74) is 0.510. The number of hydrogen-bond donors (Lipinski definition) is 2. The Morgan fingerprint density at radius 2 is 1.72 bits per heavy atom. The molecule has 2 rings (SSSR count). The molecule has 0 fully saturated rings. The number of ether oxygens (including phenoxy) is 2. The largest absolute Gasteiger partial charge is 0.493 e. The van der Waals surface area contributed by atoms with Gasteiger partial charge in [0.15, 0.2) is 6.61 Å². The van der Waals surface area contributed by atoms with Gasteiger partial charge in [0.25, 0.3) is 5.91 Å². The molecule has 0 aliphatic heterocycles. The predicted molar refractivity (Wildman–Crippen MR) is 94.3 cm³/mol. The van der Waals surface area contributed by atoms with Gasteiger partial charge in [-0.15, -0.1) is 0 Å². The lowest BCUT2D eigenvalue weighted by Gasteiger charge is -2.11. The molecule has 6 nitrogen and oxygen atoms in total. The minimum atomic E-state index is -1.05. The van der Waals surface area contributed by atoms with Gasteiger partial charge in [-0.3, -0.25) is 4.79 Å². The topological polar surface area (TPSA) is 84.9 Å². The van der Waals surface area contributed by atoms with Crippen molar-refractivity contribution < 1.29 is 24.2 Å². The summed E-state index contributed by atoms with van der Waals surface area (Å²) in [4.78, 5) is 22.9. The zero-order chi connectivity index (χ0) is 18.2. The van der Waals surface area contributed by atoms with E-state index in [9.17, 15) is 9.59 Å². The van der Waals surface area contributed by atoms with Crippen LogP contribution in [0.2, 0.25) is 0 Å². The molecule has 0 radical (unpaired) electrons. The van der Waals surface area contributed by atoms with E-state index in [1.807, 2.05) is 6.07 Å². The number of benzene rings is 2. The average Bonchev–Trinajstić information content (AvgIpc) is 2.59. The molecule has 0 heterocycles. The van der Waals surface area contributed by atoms with Crippen molar-refractivity contribution in [3.05, 3.63) is 54.1 Å². The van der Waals surface area contributed by atoms with Crippen LogP contribution in [0.1, 0.15) is 24.2 Å². The van der Waals surface area contributed by atoms with E-state index < -0.39 is 5.97 Å². The molecule has 132 valence electrons. The lowest BCUT2D eigenvalue weighted by molar-refractivity contribution is -0.118. The lowest BCUT2D eigenvalue weighted by atomic mass is 10.2. The molecule has 6 heteroatoms. The van der Waals surface area contributed by atoms with Gasteiger partial charge in [0.05, 0.1) is 12.2 Å². The summed E-state index contributed by atoms with van der Waals surface area (Å²) in [7, 11) is 0. The van der Waals surface area contributed by atoms with Crippen molar-refractivity contribution in [2.75, 3.05) is 18.5 Å². The Morgan fingerprint density at radius 3 is 2.40 bits per heavy atom. The third-order valence-corrected chi connectivity index (χ3v) is 3.15. The van der Waals surface area contributed by atoms with Crippen molar-refractivity contribution in [1.29, 1.82) is 0 Å². The maximum Gasteiger partial charge on any atom is 0.335 e. The van der Waals surface area contributed by atoms with Crippen LogP contribution >= 0.6 is 0 Å². The van der Waals surface area contributed by atoms with Crippen LogP contribution in [0.5, 0.6) is 11.5 Å². The molecule has 2 N–H and O–H groups in total. The molecule has 1 amide bonds. The van der Waals surface area contributed by atoms with Crippen molar-refractivity contribution in [2.24, 2.45) is 5.92 Å². The Kier molecular flexibility index (Phi) is 6.39. The number of carbonyl (C=O) groups excluding carboxylic acids is 1. The highest BCUT2D eigenvalue weighted by atomic mass is 16.5. The summed E-state index contributed by atoms with van der Waals surface area (Å²) in [6, 6.07) is 13.1. The normalized spacial score (nSPS) is 10.4. The average molecular weight is 343 g/mol. The van der Waals surface area contributed by atoms with Crippen molar-refractivity contribution in [1.82, 2.24) is 0 Å². The molecule has 0 aliphatic carbocycles. The maximum absolute atomic E-state index is 12.0.